The predicted molar refractivity (Wildman–Crippen MR) is 161 cm³/mol. The Morgan fingerprint density at radius 1 is 0.732 bits per heavy atom. The minimum absolute atomic E-state index is 0.623. The summed E-state index contributed by atoms with van der Waals surface area (Å²) in [6, 6.07) is 1.89. The Kier molecular flexibility index (Phi) is 18.9. The van der Waals surface area contributed by atoms with Gasteiger partial charge in [0.1, 0.15) is 11.5 Å². The number of piperidine rings is 1. The van der Waals surface area contributed by atoms with Crippen LogP contribution in [0.5, 0.6) is 0 Å². The van der Waals surface area contributed by atoms with Gasteiger partial charge >= 0.3 is 0 Å². The van der Waals surface area contributed by atoms with Gasteiger partial charge in [0.25, 0.3) is 0 Å². The first-order chi connectivity index (χ1) is 19.1. The van der Waals surface area contributed by atoms with Gasteiger partial charge in [-0.15, -0.1) is 10.2 Å². The highest BCUT2D eigenvalue weighted by Crippen LogP contribution is 2.13. The molecule has 1 aliphatic heterocycles. The van der Waals surface area contributed by atoms with Crippen molar-refractivity contribution in [3.05, 3.63) is 58.4 Å². The number of hydrogen-bond acceptors (Lipinski definition) is 11. The van der Waals surface area contributed by atoms with Crippen LogP contribution in [0.3, 0.4) is 0 Å². The standard InChI is InChI=1S/C7H15N.C6H9NO.C5H7NO.2C4H6N2O.C4H10/c1-7-3-5-8(2)6-4-7;1-4-5(2)8-6(3)7-4;1-4-3-5(2)7-6-4;1-3-5-6-4(2)7-3;1-3-5-4(2)7-6-3;1-4(2)3/h7H,3-6H2,1-2H3;1-3H3;3H,1-2H3;2*1-2H3;4H,1-3H3. The van der Waals surface area contributed by atoms with Crippen molar-refractivity contribution < 1.29 is 17.9 Å². The first kappa shape index (κ1) is 37.7. The molecule has 5 rings (SSSR count). The topological polar surface area (TPSA) is 133 Å². The van der Waals surface area contributed by atoms with E-state index in [1.807, 2.05) is 40.7 Å². The van der Waals surface area contributed by atoms with Crippen LogP contribution in [0.15, 0.2) is 23.9 Å². The summed E-state index contributed by atoms with van der Waals surface area (Å²) in [5.74, 6) is 6.91. The number of hydrogen-bond donors (Lipinski definition) is 0. The van der Waals surface area contributed by atoms with Crippen LogP contribution in [-0.2, 0) is 0 Å². The Labute approximate surface area is 246 Å². The molecular formula is C30H53N7O4. The second-order valence-corrected chi connectivity index (χ2v) is 10.9. The molecule has 0 saturated carbocycles. The van der Waals surface area contributed by atoms with Gasteiger partial charge in [0, 0.05) is 33.8 Å². The summed E-state index contributed by atoms with van der Waals surface area (Å²) in [6.45, 7) is 28.0. The van der Waals surface area contributed by atoms with E-state index in [9.17, 15) is 0 Å². The van der Waals surface area contributed by atoms with E-state index in [2.05, 4.69) is 74.6 Å². The lowest BCUT2D eigenvalue weighted by atomic mass is 10.00. The lowest BCUT2D eigenvalue weighted by Crippen LogP contribution is -2.28. The van der Waals surface area contributed by atoms with Gasteiger partial charge < -0.3 is 22.8 Å². The monoisotopic (exact) mass is 575 g/mol. The molecule has 0 N–H and O–H groups in total. The van der Waals surface area contributed by atoms with Gasteiger partial charge in [-0.25, -0.2) is 4.98 Å². The summed E-state index contributed by atoms with van der Waals surface area (Å²) >= 11 is 0. The highest BCUT2D eigenvalue weighted by atomic mass is 16.5. The number of oxazole rings is 1. The van der Waals surface area contributed by atoms with E-state index >= 15 is 0 Å². The van der Waals surface area contributed by atoms with Crippen molar-refractivity contribution in [2.75, 3.05) is 20.1 Å². The summed E-state index contributed by atoms with van der Waals surface area (Å²) in [5, 5.41) is 14.4. The zero-order valence-electron chi connectivity index (χ0n) is 27.8. The van der Waals surface area contributed by atoms with Crippen LogP contribution < -0.4 is 0 Å². The smallest absolute Gasteiger partial charge is 0.223 e. The normalized spacial score (nSPS) is 12.8. The summed E-state index contributed by atoms with van der Waals surface area (Å²) < 4.78 is 19.3. The molecule has 0 radical (unpaired) electrons. The van der Waals surface area contributed by atoms with Gasteiger partial charge in [-0.2, -0.15) is 4.98 Å². The second-order valence-electron chi connectivity index (χ2n) is 10.9. The molecule has 0 atom stereocenters. The average molecular weight is 576 g/mol. The molecular weight excluding hydrogens is 522 g/mol. The molecule has 5 heterocycles. The van der Waals surface area contributed by atoms with Crippen molar-refractivity contribution in [1.29, 1.82) is 0 Å². The van der Waals surface area contributed by atoms with Gasteiger partial charge in [0.15, 0.2) is 11.7 Å². The molecule has 0 aliphatic carbocycles. The van der Waals surface area contributed by atoms with Crippen LogP contribution in [0, 0.1) is 74.1 Å². The van der Waals surface area contributed by atoms with Crippen LogP contribution in [0.1, 0.15) is 92.8 Å². The number of aryl methyl sites for hydroxylation is 9. The molecule has 0 aromatic carbocycles. The van der Waals surface area contributed by atoms with E-state index in [0.29, 0.717) is 23.5 Å². The minimum atomic E-state index is 0.623. The molecule has 11 nitrogen and oxygen atoms in total. The fourth-order valence-electron chi connectivity index (χ4n) is 3.06. The quantitative estimate of drug-likeness (QED) is 0.209. The maximum absolute atomic E-state index is 5.10. The van der Waals surface area contributed by atoms with E-state index < -0.39 is 0 Å². The zero-order valence-corrected chi connectivity index (χ0v) is 27.8. The van der Waals surface area contributed by atoms with Crippen LogP contribution in [0.2, 0.25) is 0 Å². The van der Waals surface area contributed by atoms with Crippen molar-refractivity contribution >= 4 is 0 Å². The molecule has 0 bridgehead atoms. The molecule has 41 heavy (non-hydrogen) atoms. The van der Waals surface area contributed by atoms with Gasteiger partial charge in [-0.1, -0.05) is 38.0 Å². The maximum Gasteiger partial charge on any atom is 0.223 e. The first-order valence-electron chi connectivity index (χ1n) is 14.1. The Morgan fingerprint density at radius 3 is 1.44 bits per heavy atom. The molecule has 0 amide bonds. The molecule has 0 spiro atoms. The van der Waals surface area contributed by atoms with E-state index in [1.54, 1.807) is 27.7 Å². The SMILES string of the molecule is CC(C)C.CC1CCN(C)CC1.Cc1cc(C)on1.Cc1nc(C)c(C)o1.Cc1nnc(C)o1.Cc1noc(C)n1. The van der Waals surface area contributed by atoms with Crippen molar-refractivity contribution in [3.63, 3.8) is 0 Å². The number of aromatic nitrogens is 6. The maximum atomic E-state index is 5.10. The third-order valence-corrected chi connectivity index (χ3v) is 5.14. The largest absolute Gasteiger partial charge is 0.446 e. The lowest BCUT2D eigenvalue weighted by Gasteiger charge is -2.26. The average Bonchev–Trinajstić information content (AvgIpc) is 3.62. The highest BCUT2D eigenvalue weighted by Gasteiger charge is 2.10. The van der Waals surface area contributed by atoms with Crippen molar-refractivity contribution in [2.45, 2.75) is 103 Å². The third-order valence-electron chi connectivity index (χ3n) is 5.14. The zero-order chi connectivity index (χ0) is 31.5. The molecule has 232 valence electrons. The summed E-state index contributed by atoms with van der Waals surface area (Å²) in [7, 11) is 2.20. The number of likely N-dealkylation sites (tertiary alicyclic amines) is 1. The van der Waals surface area contributed by atoms with Gasteiger partial charge in [-0.3, -0.25) is 0 Å². The van der Waals surface area contributed by atoms with E-state index in [4.69, 9.17) is 13.4 Å². The van der Waals surface area contributed by atoms with Crippen LogP contribution in [0.25, 0.3) is 0 Å². The minimum Gasteiger partial charge on any atom is -0.446 e. The van der Waals surface area contributed by atoms with E-state index in [-0.39, 0.29) is 0 Å². The van der Waals surface area contributed by atoms with E-state index in [0.717, 1.165) is 40.6 Å². The second kappa shape index (κ2) is 20.5. The number of nitrogens with zero attached hydrogens (tertiary/aromatic N) is 7. The molecule has 11 heteroatoms. The van der Waals surface area contributed by atoms with Gasteiger partial charge in [0.05, 0.1) is 11.4 Å². The summed E-state index contributed by atoms with van der Waals surface area (Å²) in [4.78, 5) is 10.3. The fourth-order valence-corrected chi connectivity index (χ4v) is 3.06. The van der Waals surface area contributed by atoms with Crippen molar-refractivity contribution in [1.82, 2.24) is 35.4 Å². The van der Waals surface area contributed by atoms with Crippen molar-refractivity contribution in [3.8, 4) is 0 Å². The third kappa shape index (κ3) is 21.1. The predicted octanol–water partition coefficient (Wildman–Crippen LogP) is 7.27. The highest BCUT2D eigenvalue weighted by molar-refractivity contribution is 5.04. The van der Waals surface area contributed by atoms with Crippen LogP contribution in [0.4, 0.5) is 0 Å². The number of rotatable bonds is 0. The van der Waals surface area contributed by atoms with Crippen LogP contribution in [-0.4, -0.2) is 55.5 Å². The molecule has 4 aromatic rings. The van der Waals surface area contributed by atoms with Crippen LogP contribution >= 0.6 is 0 Å². The Bertz CT molecular complexity index is 1010. The molecule has 1 saturated heterocycles. The Morgan fingerprint density at radius 2 is 1.27 bits per heavy atom. The fraction of sp³-hybridized carbons (Fsp3) is 0.667. The molecule has 1 aliphatic rings. The first-order valence-corrected chi connectivity index (χ1v) is 14.1. The Hall–Kier alpha value is -3.34. The molecule has 4 aromatic heterocycles. The van der Waals surface area contributed by atoms with Crippen molar-refractivity contribution in [2.24, 2.45) is 11.8 Å². The summed E-state index contributed by atoms with van der Waals surface area (Å²) in [6.07, 6.45) is 2.80. The summed E-state index contributed by atoms with van der Waals surface area (Å²) in [5.41, 5.74) is 1.93. The molecule has 0 unspecified atom stereocenters. The Balaban J connectivity index is 0.000000473. The van der Waals surface area contributed by atoms with Gasteiger partial charge in [0.2, 0.25) is 17.7 Å². The van der Waals surface area contributed by atoms with Gasteiger partial charge in [-0.05, 0) is 79.4 Å². The molecule has 1 fully saturated rings. The van der Waals surface area contributed by atoms with E-state index in [1.165, 1.54) is 25.9 Å². The lowest BCUT2D eigenvalue weighted by molar-refractivity contribution is 0.230.